The van der Waals surface area contributed by atoms with Crippen molar-refractivity contribution in [2.75, 3.05) is 0 Å². The lowest BCUT2D eigenvalue weighted by atomic mass is 9.99. The maximum atomic E-state index is 12.8. The van der Waals surface area contributed by atoms with Crippen molar-refractivity contribution < 1.29 is 27.9 Å². The molecule has 0 radical (unpaired) electrons. The van der Waals surface area contributed by atoms with E-state index in [0.717, 1.165) is 44.7 Å². The van der Waals surface area contributed by atoms with Crippen LogP contribution in [0.25, 0.3) is 33.5 Å². The molecule has 1 aliphatic rings. The van der Waals surface area contributed by atoms with Gasteiger partial charge in [0, 0.05) is 18.0 Å². The number of fused-ring (bicyclic) bond motifs is 4. The Morgan fingerprint density at radius 1 is 0.973 bits per heavy atom. The summed E-state index contributed by atoms with van der Waals surface area (Å²) in [6, 6.07) is 15.9. The largest absolute Gasteiger partial charge is 0.490 e. The van der Waals surface area contributed by atoms with Gasteiger partial charge in [-0.3, -0.25) is 14.9 Å². The van der Waals surface area contributed by atoms with Gasteiger partial charge in [0.05, 0.1) is 35.0 Å². The molecule has 1 unspecified atom stereocenters. The number of aromatic nitrogens is 5. The summed E-state index contributed by atoms with van der Waals surface area (Å²) in [5.41, 5.74) is 7.54. The summed E-state index contributed by atoms with van der Waals surface area (Å²) >= 11 is 0. The maximum Gasteiger partial charge on any atom is 0.490 e. The molecule has 3 aromatic heterocycles. The molecule has 3 heterocycles. The molecule has 1 amide bonds. The van der Waals surface area contributed by atoms with Crippen molar-refractivity contribution in [1.29, 1.82) is 0 Å². The van der Waals surface area contributed by atoms with Gasteiger partial charge < -0.3 is 15.4 Å². The van der Waals surface area contributed by atoms with E-state index in [0.29, 0.717) is 5.56 Å². The average molecular weight is 506 g/mol. The average Bonchev–Trinajstić information content (AvgIpc) is 3.62. The minimum absolute atomic E-state index is 0.170. The lowest BCUT2D eigenvalue weighted by molar-refractivity contribution is -0.192. The van der Waals surface area contributed by atoms with Gasteiger partial charge in [-0.1, -0.05) is 42.5 Å². The van der Waals surface area contributed by atoms with E-state index in [1.165, 1.54) is 6.20 Å². The van der Waals surface area contributed by atoms with Crippen LogP contribution < -0.4 is 5.32 Å². The summed E-state index contributed by atoms with van der Waals surface area (Å²) in [7, 11) is 0. The molecule has 1 atom stereocenters. The van der Waals surface area contributed by atoms with Crippen LogP contribution in [0.1, 0.15) is 27.5 Å². The molecule has 2 aromatic carbocycles. The summed E-state index contributed by atoms with van der Waals surface area (Å²) < 4.78 is 31.7. The zero-order valence-corrected chi connectivity index (χ0v) is 18.7. The Balaban J connectivity index is 0.000000355. The smallest absolute Gasteiger partial charge is 0.475 e. The number of imidazole rings is 1. The number of alkyl halides is 3. The predicted octanol–water partition coefficient (Wildman–Crippen LogP) is 4.48. The number of rotatable bonds is 3. The molecule has 0 saturated carbocycles. The van der Waals surface area contributed by atoms with E-state index in [4.69, 9.17) is 14.9 Å². The third-order valence-electron chi connectivity index (χ3n) is 5.77. The zero-order valence-electron chi connectivity index (χ0n) is 18.7. The Morgan fingerprint density at radius 2 is 1.70 bits per heavy atom. The summed E-state index contributed by atoms with van der Waals surface area (Å²) in [5.74, 6) is -2.14. The summed E-state index contributed by atoms with van der Waals surface area (Å²) in [5, 5.41) is 16.9. The van der Waals surface area contributed by atoms with E-state index in [1.807, 2.05) is 24.3 Å². The summed E-state index contributed by atoms with van der Waals surface area (Å²) in [6.45, 7) is 0. The first-order chi connectivity index (χ1) is 17.7. The predicted molar refractivity (Wildman–Crippen MR) is 126 cm³/mol. The third kappa shape index (κ3) is 4.51. The number of carboxylic acids is 1. The zero-order chi connectivity index (χ0) is 26.2. The van der Waals surface area contributed by atoms with Gasteiger partial charge in [-0.05, 0) is 28.3 Å². The Kier molecular flexibility index (Phi) is 5.91. The lowest BCUT2D eigenvalue weighted by Gasteiger charge is -2.15. The van der Waals surface area contributed by atoms with Crippen LogP contribution in [0.4, 0.5) is 13.2 Å². The summed E-state index contributed by atoms with van der Waals surface area (Å²) in [6.07, 6.45) is 1.54. The monoisotopic (exact) mass is 506 g/mol. The van der Waals surface area contributed by atoms with Gasteiger partial charge in [0.15, 0.2) is 0 Å². The number of amides is 1. The minimum atomic E-state index is -5.08. The quantitative estimate of drug-likeness (QED) is 0.285. The van der Waals surface area contributed by atoms with Gasteiger partial charge in [0.1, 0.15) is 5.82 Å². The number of benzene rings is 2. The van der Waals surface area contributed by atoms with E-state index in [-0.39, 0.29) is 11.9 Å². The fourth-order valence-corrected chi connectivity index (χ4v) is 4.18. The Bertz CT molecular complexity index is 1580. The molecule has 1 aliphatic carbocycles. The Morgan fingerprint density at radius 3 is 2.41 bits per heavy atom. The molecule has 37 heavy (non-hydrogen) atoms. The molecular formula is C25H17F3N6O3. The second-order valence-corrected chi connectivity index (χ2v) is 8.03. The fraction of sp³-hybridized carbons (Fsp3) is 0.0800. The van der Waals surface area contributed by atoms with Crippen molar-refractivity contribution in [2.45, 2.75) is 12.2 Å². The molecule has 0 saturated heterocycles. The first kappa shape index (κ1) is 23.7. The van der Waals surface area contributed by atoms with Crippen LogP contribution in [-0.2, 0) is 4.79 Å². The standard InChI is InChI=1S/C23H16N6O.C2HF3O2/c30-23(13-10-25-26-11-13)29-21-15-5-2-1-4-14(15)20-16(21)6-3-7-17(20)22-27-18-8-9-24-12-19(18)28-22;3-2(4,5)1(6)7/h1-12,21H,(H,25,26)(H,27,28)(H,29,30);(H,6,7). The highest BCUT2D eigenvalue weighted by molar-refractivity contribution is 5.97. The van der Waals surface area contributed by atoms with Gasteiger partial charge >= 0.3 is 12.1 Å². The van der Waals surface area contributed by atoms with Crippen LogP contribution in [0.5, 0.6) is 0 Å². The maximum absolute atomic E-state index is 12.8. The molecule has 9 nitrogen and oxygen atoms in total. The van der Waals surface area contributed by atoms with Gasteiger partial charge in [-0.15, -0.1) is 0 Å². The molecule has 6 rings (SSSR count). The topological polar surface area (TPSA) is 137 Å². The second-order valence-electron chi connectivity index (χ2n) is 8.03. The van der Waals surface area contributed by atoms with Gasteiger partial charge in [0.25, 0.3) is 5.91 Å². The van der Waals surface area contributed by atoms with E-state index in [2.05, 4.69) is 49.7 Å². The number of aromatic amines is 2. The number of aliphatic carboxylic acids is 1. The number of carbonyl (C=O) groups excluding carboxylic acids is 1. The highest BCUT2D eigenvalue weighted by atomic mass is 19.4. The Hall–Kier alpha value is -5.00. The molecule has 0 fully saturated rings. The van der Waals surface area contributed by atoms with Crippen LogP contribution in [0, 0.1) is 0 Å². The van der Waals surface area contributed by atoms with Crippen molar-refractivity contribution in [3.63, 3.8) is 0 Å². The number of hydrogen-bond donors (Lipinski definition) is 4. The van der Waals surface area contributed by atoms with Gasteiger partial charge in [0.2, 0.25) is 0 Å². The van der Waals surface area contributed by atoms with Crippen LogP contribution >= 0.6 is 0 Å². The van der Waals surface area contributed by atoms with E-state index in [9.17, 15) is 18.0 Å². The number of pyridine rings is 1. The number of nitrogens with one attached hydrogen (secondary N) is 3. The normalized spacial score (nSPS) is 13.9. The summed E-state index contributed by atoms with van der Waals surface area (Å²) in [4.78, 5) is 34.0. The Labute approximate surface area is 206 Å². The molecule has 0 bridgehead atoms. The molecule has 186 valence electrons. The van der Waals surface area contributed by atoms with Crippen LogP contribution in [-0.4, -0.2) is 48.3 Å². The first-order valence-electron chi connectivity index (χ1n) is 10.9. The van der Waals surface area contributed by atoms with E-state index < -0.39 is 12.1 Å². The SMILES string of the molecule is O=C(NC1c2ccccc2-c2c(-c3nc4ccncc4[nH]3)cccc21)c1cn[nH]c1.O=C(O)C(F)(F)F. The molecular weight excluding hydrogens is 489 g/mol. The highest BCUT2D eigenvalue weighted by Crippen LogP contribution is 2.47. The second kappa shape index (κ2) is 9.22. The third-order valence-corrected chi connectivity index (χ3v) is 5.77. The number of nitrogens with zero attached hydrogens (tertiary/aromatic N) is 3. The lowest BCUT2D eigenvalue weighted by Crippen LogP contribution is -2.27. The van der Waals surface area contributed by atoms with E-state index in [1.54, 1.807) is 18.6 Å². The first-order valence-corrected chi connectivity index (χ1v) is 10.9. The number of halogens is 3. The van der Waals surface area contributed by atoms with Crippen LogP contribution in [0.15, 0.2) is 73.3 Å². The molecule has 12 heteroatoms. The highest BCUT2D eigenvalue weighted by Gasteiger charge is 2.38. The van der Waals surface area contributed by atoms with E-state index >= 15 is 0 Å². The van der Waals surface area contributed by atoms with Crippen LogP contribution in [0.2, 0.25) is 0 Å². The van der Waals surface area contributed by atoms with Crippen molar-refractivity contribution in [3.05, 3.63) is 90.0 Å². The number of hydrogen-bond acceptors (Lipinski definition) is 5. The van der Waals surface area contributed by atoms with Gasteiger partial charge in [-0.25, -0.2) is 9.78 Å². The van der Waals surface area contributed by atoms with Crippen molar-refractivity contribution in [1.82, 2.24) is 30.5 Å². The number of carbonyl (C=O) groups is 2. The van der Waals surface area contributed by atoms with Crippen molar-refractivity contribution in [3.8, 4) is 22.5 Å². The van der Waals surface area contributed by atoms with Crippen molar-refractivity contribution >= 4 is 22.9 Å². The van der Waals surface area contributed by atoms with Crippen LogP contribution in [0.3, 0.4) is 0 Å². The molecule has 0 spiro atoms. The van der Waals surface area contributed by atoms with Crippen molar-refractivity contribution in [2.24, 2.45) is 0 Å². The van der Waals surface area contributed by atoms with Gasteiger partial charge in [-0.2, -0.15) is 18.3 Å². The number of carboxylic acid groups (broad SMARTS) is 1. The number of H-pyrrole nitrogens is 2. The fourth-order valence-electron chi connectivity index (χ4n) is 4.18. The molecule has 0 aliphatic heterocycles. The molecule has 4 N–H and O–H groups in total. The molecule has 5 aromatic rings. The minimum Gasteiger partial charge on any atom is -0.475 e.